The molecule has 1 saturated heterocycles. The summed E-state index contributed by atoms with van der Waals surface area (Å²) in [5, 5.41) is 13.0. The highest BCUT2D eigenvalue weighted by molar-refractivity contribution is 7.89. The summed E-state index contributed by atoms with van der Waals surface area (Å²) in [4.78, 5) is 32.8. The Bertz CT molecular complexity index is 1320. The predicted molar refractivity (Wildman–Crippen MR) is 127 cm³/mol. The molecule has 4 rings (SSSR count). The number of sulfonamides is 1. The van der Waals surface area contributed by atoms with E-state index < -0.39 is 22.0 Å². The van der Waals surface area contributed by atoms with Crippen molar-refractivity contribution in [3.63, 3.8) is 0 Å². The molecule has 182 valence electrons. The van der Waals surface area contributed by atoms with Gasteiger partial charge in [0.1, 0.15) is 4.90 Å². The highest BCUT2D eigenvalue weighted by Crippen LogP contribution is 2.36. The van der Waals surface area contributed by atoms with Crippen LogP contribution in [0.25, 0.3) is 22.2 Å². The number of rotatable bonds is 4. The van der Waals surface area contributed by atoms with Crippen molar-refractivity contribution in [3.05, 3.63) is 42.1 Å². The number of hydrogen-bond donors (Lipinski definition) is 3. The van der Waals surface area contributed by atoms with Crippen molar-refractivity contribution in [2.45, 2.75) is 4.90 Å². The van der Waals surface area contributed by atoms with Gasteiger partial charge in [0.15, 0.2) is 5.88 Å². The molecule has 0 aliphatic carbocycles. The Balaban J connectivity index is 0.00000324. The molecule has 3 aromatic rings. The lowest BCUT2D eigenvalue weighted by atomic mass is 10.1. The quantitative estimate of drug-likeness (QED) is 0.482. The number of carbonyl (C=O) groups is 2. The number of benzene rings is 1. The average molecular weight is 510 g/mol. The van der Waals surface area contributed by atoms with Gasteiger partial charge >= 0.3 is 6.09 Å². The molecule has 3 N–H and O–H groups in total. The van der Waals surface area contributed by atoms with Gasteiger partial charge in [0.05, 0.1) is 18.4 Å². The van der Waals surface area contributed by atoms with E-state index in [0.717, 1.165) is 7.11 Å². The maximum atomic E-state index is 12.9. The molecule has 0 bridgehead atoms. The molecule has 0 unspecified atom stereocenters. The molecule has 1 aliphatic rings. The zero-order valence-electron chi connectivity index (χ0n) is 18.4. The Morgan fingerprint density at radius 2 is 1.85 bits per heavy atom. The van der Waals surface area contributed by atoms with E-state index in [9.17, 15) is 23.1 Å². The number of likely N-dealkylation sites (N-methyl/N-ethyl adjacent to an activating group) is 1. The Labute approximate surface area is 202 Å². The number of halogens is 1. The van der Waals surface area contributed by atoms with Gasteiger partial charge in [-0.05, 0) is 37.4 Å². The molecule has 3 heterocycles. The van der Waals surface area contributed by atoms with E-state index in [1.54, 1.807) is 6.07 Å². The second-order valence-corrected chi connectivity index (χ2v) is 9.58. The highest BCUT2D eigenvalue weighted by Gasteiger charge is 2.28. The van der Waals surface area contributed by atoms with Crippen LogP contribution >= 0.6 is 12.4 Å². The van der Waals surface area contributed by atoms with Crippen molar-refractivity contribution >= 4 is 45.3 Å². The number of fused-ring (bicyclic) bond motifs is 1. The number of piperazine rings is 1. The van der Waals surface area contributed by atoms with Crippen LogP contribution in [-0.2, 0) is 14.8 Å². The van der Waals surface area contributed by atoms with Gasteiger partial charge in [-0.25, -0.2) is 13.2 Å². The zero-order chi connectivity index (χ0) is 23.8. The fraction of sp³-hybridized carbons (Fsp3) is 0.286. The number of H-pyrrole nitrogens is 1. The standard InChI is InChI=1S/C21H23N5O6S.ClH/c1-25-7-9-26(10-8-25)33(30,31)14-4-6-17(22-12-14)18-15-11-13(19(27)24-21(29)32-2)3-5-16(15)23-20(18)28;/h3-6,11-12,23,28H,7-10H2,1-2H3,(H,24,27,29);1H. The number of ether oxygens (including phenoxy) is 1. The van der Waals surface area contributed by atoms with Crippen LogP contribution in [0.3, 0.4) is 0 Å². The van der Waals surface area contributed by atoms with Gasteiger partial charge in [-0.2, -0.15) is 4.31 Å². The number of aromatic hydroxyl groups is 1. The molecule has 1 aromatic carbocycles. The number of aromatic nitrogens is 2. The lowest BCUT2D eigenvalue weighted by Crippen LogP contribution is -2.47. The van der Waals surface area contributed by atoms with Gasteiger partial charge in [-0.15, -0.1) is 12.4 Å². The summed E-state index contributed by atoms with van der Waals surface area (Å²) in [6.45, 7) is 2.11. The van der Waals surface area contributed by atoms with E-state index in [-0.39, 0.29) is 28.7 Å². The molecule has 1 aliphatic heterocycles. The lowest BCUT2D eigenvalue weighted by molar-refractivity contribution is 0.0937. The SMILES string of the molecule is COC(=O)NC(=O)c1ccc2[nH]c(O)c(-c3ccc(S(=O)(=O)N4CCN(C)CC4)cn3)c2c1.Cl. The van der Waals surface area contributed by atoms with Gasteiger partial charge in [0, 0.05) is 48.8 Å². The Morgan fingerprint density at radius 3 is 2.47 bits per heavy atom. The van der Waals surface area contributed by atoms with Crippen molar-refractivity contribution in [2.75, 3.05) is 40.3 Å². The maximum absolute atomic E-state index is 12.9. The second kappa shape index (κ2) is 9.97. The van der Waals surface area contributed by atoms with Crippen LogP contribution in [0, 0.1) is 0 Å². The van der Waals surface area contributed by atoms with E-state index >= 15 is 0 Å². The first-order chi connectivity index (χ1) is 15.7. The number of methoxy groups -OCH3 is 1. The average Bonchev–Trinajstić information content (AvgIpc) is 3.14. The van der Waals surface area contributed by atoms with Crippen LogP contribution in [0.5, 0.6) is 5.88 Å². The van der Waals surface area contributed by atoms with Crippen molar-refractivity contribution in [1.29, 1.82) is 0 Å². The van der Waals surface area contributed by atoms with Gasteiger partial charge in [-0.3, -0.25) is 15.1 Å². The zero-order valence-corrected chi connectivity index (χ0v) is 20.1. The summed E-state index contributed by atoms with van der Waals surface area (Å²) in [6, 6.07) is 7.51. The molecular formula is C21H24ClN5O6S. The first-order valence-corrected chi connectivity index (χ1v) is 11.5. The van der Waals surface area contributed by atoms with Gasteiger partial charge in [0.2, 0.25) is 10.0 Å². The molecule has 1 fully saturated rings. The van der Waals surface area contributed by atoms with E-state index in [1.165, 1.54) is 34.8 Å². The van der Waals surface area contributed by atoms with Crippen LogP contribution in [0.15, 0.2) is 41.4 Å². The molecule has 11 nitrogen and oxygen atoms in total. The Morgan fingerprint density at radius 1 is 1.15 bits per heavy atom. The molecule has 0 radical (unpaired) electrons. The Hall–Kier alpha value is -3.19. The maximum Gasteiger partial charge on any atom is 0.413 e. The number of hydrogen-bond acceptors (Lipinski definition) is 8. The number of alkyl carbamates (subject to hydrolysis) is 1. The van der Waals surface area contributed by atoms with Crippen molar-refractivity contribution in [1.82, 2.24) is 24.5 Å². The van der Waals surface area contributed by atoms with Gasteiger partial charge in [0.25, 0.3) is 5.91 Å². The van der Waals surface area contributed by atoms with Crippen LogP contribution < -0.4 is 5.32 Å². The number of imide groups is 1. The third-order valence-electron chi connectivity index (χ3n) is 5.53. The molecule has 0 saturated carbocycles. The third-order valence-corrected chi connectivity index (χ3v) is 7.42. The van der Waals surface area contributed by atoms with Crippen LogP contribution in [0.1, 0.15) is 10.4 Å². The number of nitrogens with zero attached hydrogens (tertiary/aromatic N) is 3. The fourth-order valence-electron chi connectivity index (χ4n) is 3.65. The summed E-state index contributed by atoms with van der Waals surface area (Å²) in [7, 11) is -0.589. The number of aromatic amines is 1. The predicted octanol–water partition coefficient (Wildman–Crippen LogP) is 1.79. The first kappa shape index (κ1) is 25.4. The highest BCUT2D eigenvalue weighted by atomic mass is 35.5. The molecule has 0 spiro atoms. The first-order valence-electron chi connectivity index (χ1n) is 10.1. The number of amides is 2. The van der Waals surface area contributed by atoms with E-state index in [1.807, 2.05) is 7.05 Å². The van der Waals surface area contributed by atoms with Crippen molar-refractivity contribution in [3.8, 4) is 17.1 Å². The molecule has 34 heavy (non-hydrogen) atoms. The summed E-state index contributed by atoms with van der Waals surface area (Å²) >= 11 is 0. The number of pyridine rings is 1. The minimum absolute atomic E-state index is 0. The monoisotopic (exact) mass is 509 g/mol. The van der Waals surface area contributed by atoms with Crippen molar-refractivity contribution < 1.29 is 27.9 Å². The lowest BCUT2D eigenvalue weighted by Gasteiger charge is -2.31. The molecule has 2 amide bonds. The molecule has 0 atom stereocenters. The second-order valence-electron chi connectivity index (χ2n) is 7.64. The van der Waals surface area contributed by atoms with Crippen LogP contribution in [-0.4, -0.2) is 85.0 Å². The number of carbonyl (C=O) groups excluding carboxylic acids is 2. The van der Waals surface area contributed by atoms with Crippen LogP contribution in [0.2, 0.25) is 0 Å². The van der Waals surface area contributed by atoms with E-state index in [0.29, 0.717) is 48.3 Å². The van der Waals surface area contributed by atoms with E-state index in [2.05, 4.69) is 24.9 Å². The fourth-order valence-corrected chi connectivity index (χ4v) is 5.02. The summed E-state index contributed by atoms with van der Waals surface area (Å²) in [6.07, 6.45) is 0.366. The van der Waals surface area contributed by atoms with E-state index in [4.69, 9.17) is 0 Å². The summed E-state index contributed by atoms with van der Waals surface area (Å²) < 4.78 is 31.7. The normalized spacial score (nSPS) is 15.0. The van der Waals surface area contributed by atoms with Gasteiger partial charge in [-0.1, -0.05) is 0 Å². The van der Waals surface area contributed by atoms with Crippen LogP contribution in [0.4, 0.5) is 4.79 Å². The molecular weight excluding hydrogens is 486 g/mol. The summed E-state index contributed by atoms with van der Waals surface area (Å²) in [5.74, 6) is -0.852. The van der Waals surface area contributed by atoms with Gasteiger partial charge < -0.3 is 19.7 Å². The molecule has 2 aromatic heterocycles. The number of nitrogens with one attached hydrogen (secondary N) is 2. The minimum atomic E-state index is -3.68. The van der Waals surface area contributed by atoms with Crippen molar-refractivity contribution in [2.24, 2.45) is 0 Å². The molecule has 13 heteroatoms. The topological polar surface area (TPSA) is 145 Å². The smallest absolute Gasteiger partial charge is 0.413 e. The Kier molecular flexibility index (Phi) is 7.46. The minimum Gasteiger partial charge on any atom is -0.494 e. The third kappa shape index (κ3) is 4.85. The largest absolute Gasteiger partial charge is 0.494 e. The summed E-state index contributed by atoms with van der Waals surface area (Å²) in [5.41, 5.74) is 1.33.